The van der Waals surface area contributed by atoms with E-state index in [1.54, 1.807) is 20.8 Å². The highest BCUT2D eigenvalue weighted by Gasteiger charge is 2.78. The van der Waals surface area contributed by atoms with Gasteiger partial charge in [-0.3, -0.25) is 14.4 Å². The first kappa shape index (κ1) is 31.6. The lowest BCUT2D eigenvalue weighted by molar-refractivity contribution is -0.228. The van der Waals surface area contributed by atoms with E-state index in [0.29, 0.717) is 6.07 Å². The third kappa shape index (κ3) is 4.09. The third-order valence-corrected chi connectivity index (χ3v) is 11.3. The molecule has 3 saturated carbocycles. The largest absolute Gasteiger partial charge is 0.449 e. The van der Waals surface area contributed by atoms with Gasteiger partial charge in [0.25, 0.3) is 0 Å². The van der Waals surface area contributed by atoms with Gasteiger partial charge in [-0.05, 0) is 49.8 Å². The van der Waals surface area contributed by atoms with Crippen molar-refractivity contribution in [2.24, 2.45) is 28.6 Å². The number of alkyl halides is 2. The Balaban J connectivity index is 1.66. The summed E-state index contributed by atoms with van der Waals surface area (Å²) in [6, 6.07) is 2.49. The highest BCUT2D eigenvalue weighted by atomic mass is 32.1. The SMILES string of the molecule is CCC(=O)O[C@]1(C(=O)S)[C@H](C)C[C@H]2[C@@H]3C[C@H](F)C4=CC(=O)C(C(C=O)c5ccc(F)cc5F)=C[C@]4(C)[C@@]3(F)[C@@H](O)C[C@@]21C. The number of ketones is 1. The van der Waals surface area contributed by atoms with Crippen molar-refractivity contribution in [1.82, 2.24) is 0 Å². The van der Waals surface area contributed by atoms with Crippen molar-refractivity contribution in [3.63, 3.8) is 0 Å². The highest BCUT2D eigenvalue weighted by Crippen LogP contribution is 2.72. The van der Waals surface area contributed by atoms with Gasteiger partial charge in [0.1, 0.15) is 24.1 Å². The fraction of sp³-hybridized carbons (Fsp3) is 0.562. The van der Waals surface area contributed by atoms with E-state index in [0.717, 1.165) is 24.3 Å². The normalized spacial score (nSPS) is 40.8. The molecule has 1 N–H and O–H groups in total. The Bertz CT molecular complexity index is 1480. The number of aldehydes is 1. The van der Waals surface area contributed by atoms with Gasteiger partial charge in [-0.25, -0.2) is 17.6 Å². The van der Waals surface area contributed by atoms with Gasteiger partial charge in [-0.15, -0.1) is 12.6 Å². The van der Waals surface area contributed by atoms with E-state index in [1.807, 2.05) is 0 Å². The van der Waals surface area contributed by atoms with Crippen molar-refractivity contribution in [1.29, 1.82) is 0 Å². The molecule has 1 aromatic carbocycles. The average Bonchev–Trinajstić information content (AvgIpc) is 3.15. The van der Waals surface area contributed by atoms with Crippen molar-refractivity contribution in [3.8, 4) is 0 Å². The third-order valence-electron chi connectivity index (χ3n) is 11.0. The molecule has 43 heavy (non-hydrogen) atoms. The van der Waals surface area contributed by atoms with Crippen LogP contribution in [0.15, 0.2) is 41.5 Å². The molecule has 1 aromatic rings. The molecule has 11 heteroatoms. The smallest absolute Gasteiger partial charge is 0.306 e. The number of ether oxygens (including phenoxy) is 1. The van der Waals surface area contributed by atoms with Crippen LogP contribution in [0.5, 0.6) is 0 Å². The van der Waals surface area contributed by atoms with Gasteiger partial charge in [-0.2, -0.15) is 0 Å². The Labute approximate surface area is 252 Å². The zero-order valence-electron chi connectivity index (χ0n) is 24.2. The van der Waals surface area contributed by atoms with Gasteiger partial charge < -0.3 is 14.6 Å². The first-order valence-electron chi connectivity index (χ1n) is 14.4. The van der Waals surface area contributed by atoms with Crippen LogP contribution in [0.2, 0.25) is 0 Å². The minimum atomic E-state index is -2.60. The number of esters is 1. The lowest BCUT2D eigenvalue weighted by Gasteiger charge is -2.63. The molecular formula is C32H34F4O6S. The number of aliphatic hydroxyl groups excluding tert-OH is 1. The maximum absolute atomic E-state index is 18.0. The lowest BCUT2D eigenvalue weighted by atomic mass is 9.44. The molecule has 0 aromatic heterocycles. The number of benzene rings is 1. The fourth-order valence-corrected chi connectivity index (χ4v) is 9.45. The van der Waals surface area contributed by atoms with Gasteiger partial charge in [-0.1, -0.05) is 32.9 Å². The van der Waals surface area contributed by atoms with E-state index in [9.17, 15) is 33.1 Å². The second-order valence-electron chi connectivity index (χ2n) is 12.9. The summed E-state index contributed by atoms with van der Waals surface area (Å²) < 4.78 is 68.2. The molecule has 6 nitrogen and oxygen atoms in total. The number of hydrogen-bond donors (Lipinski definition) is 2. The minimum Gasteiger partial charge on any atom is -0.449 e. The zero-order chi connectivity index (χ0) is 31.9. The van der Waals surface area contributed by atoms with Crippen molar-refractivity contribution in [2.75, 3.05) is 0 Å². The van der Waals surface area contributed by atoms with Crippen molar-refractivity contribution in [2.45, 2.75) is 82.8 Å². The van der Waals surface area contributed by atoms with Gasteiger partial charge in [0.15, 0.2) is 17.1 Å². The molecule has 0 saturated heterocycles. The Kier molecular flexibility index (Phi) is 7.65. The van der Waals surface area contributed by atoms with Crippen LogP contribution in [0.25, 0.3) is 0 Å². The van der Waals surface area contributed by atoms with Crippen LogP contribution in [-0.4, -0.2) is 51.8 Å². The summed E-state index contributed by atoms with van der Waals surface area (Å²) in [6.45, 7) is 6.21. The van der Waals surface area contributed by atoms with E-state index >= 15 is 8.78 Å². The number of rotatable bonds is 6. The number of fused-ring (bicyclic) bond motifs is 5. The standard InChI is InChI=1S/C32H34F4O6S/c1-5-27(40)42-32(28(41)43)15(2)8-20-21-10-24(35)22-11-25(38)18(19(14-37)17-7-6-16(33)9-23(17)34)12-29(22,3)31(21,36)26(39)13-30(20,32)4/h6-7,9,11-12,14-15,19-21,24,26,39H,5,8,10,13H2,1-4H3,(H,41,43)/t15-,19?,20+,21+,24+,26+,29+,30+,31+,32+/m1/s1. The number of allylic oxidation sites excluding steroid dienone is 4. The summed E-state index contributed by atoms with van der Waals surface area (Å²) >= 11 is 4.10. The van der Waals surface area contributed by atoms with E-state index in [2.05, 4.69) is 12.6 Å². The maximum Gasteiger partial charge on any atom is 0.306 e. The van der Waals surface area contributed by atoms with E-state index in [4.69, 9.17) is 4.74 Å². The predicted octanol–water partition coefficient (Wildman–Crippen LogP) is 5.33. The number of carbonyl (C=O) groups is 4. The monoisotopic (exact) mass is 622 g/mol. The van der Waals surface area contributed by atoms with Crippen LogP contribution >= 0.6 is 12.6 Å². The second-order valence-corrected chi connectivity index (χ2v) is 13.3. The summed E-state index contributed by atoms with van der Waals surface area (Å²) in [5, 5.41) is 11.0. The summed E-state index contributed by atoms with van der Waals surface area (Å²) in [5.74, 6) is -7.63. The molecule has 0 heterocycles. The molecule has 5 rings (SSSR count). The average molecular weight is 623 g/mol. The first-order valence-corrected chi connectivity index (χ1v) is 14.8. The first-order chi connectivity index (χ1) is 20.0. The van der Waals surface area contributed by atoms with Crippen LogP contribution in [0.3, 0.4) is 0 Å². The van der Waals surface area contributed by atoms with E-state index in [1.165, 1.54) is 6.92 Å². The summed E-state index contributed by atoms with van der Waals surface area (Å²) in [5.41, 5.74) is -8.53. The molecule has 4 aliphatic rings. The summed E-state index contributed by atoms with van der Waals surface area (Å²) in [7, 11) is 0. The van der Waals surface area contributed by atoms with Gasteiger partial charge in [0.2, 0.25) is 5.12 Å². The molecule has 232 valence electrons. The molecule has 0 amide bonds. The van der Waals surface area contributed by atoms with Gasteiger partial charge in [0.05, 0.1) is 12.0 Å². The van der Waals surface area contributed by atoms with Crippen LogP contribution in [0, 0.1) is 40.2 Å². The van der Waals surface area contributed by atoms with Crippen molar-refractivity contribution < 1.29 is 46.6 Å². The molecule has 0 aliphatic heterocycles. The van der Waals surface area contributed by atoms with Crippen molar-refractivity contribution >= 4 is 35.8 Å². The molecule has 1 unspecified atom stereocenters. The lowest BCUT2D eigenvalue weighted by Crippen LogP contribution is -2.70. The van der Waals surface area contributed by atoms with Crippen molar-refractivity contribution in [3.05, 3.63) is 58.7 Å². The quantitative estimate of drug-likeness (QED) is 0.193. The summed E-state index contributed by atoms with van der Waals surface area (Å²) in [4.78, 5) is 51.2. The predicted molar refractivity (Wildman–Crippen MR) is 150 cm³/mol. The molecule has 4 aliphatic carbocycles. The van der Waals surface area contributed by atoms with Crippen LogP contribution in [-0.2, 0) is 23.9 Å². The molecule has 0 spiro atoms. The minimum absolute atomic E-state index is 0.0395. The van der Waals surface area contributed by atoms with E-state index in [-0.39, 0.29) is 42.3 Å². The summed E-state index contributed by atoms with van der Waals surface area (Å²) in [6.07, 6.45) is -1.99. The zero-order valence-corrected chi connectivity index (χ0v) is 25.1. The number of hydrogen-bond acceptors (Lipinski definition) is 6. The maximum atomic E-state index is 18.0. The Morgan fingerprint density at radius 3 is 2.47 bits per heavy atom. The molecule has 0 bridgehead atoms. The number of aliphatic hydroxyl groups is 1. The number of thiol groups is 1. The highest BCUT2D eigenvalue weighted by molar-refractivity contribution is 7.96. The van der Waals surface area contributed by atoms with Gasteiger partial charge in [0, 0.05) is 46.3 Å². The topological polar surface area (TPSA) is 97.7 Å². The fourth-order valence-electron chi connectivity index (χ4n) is 8.93. The van der Waals surface area contributed by atoms with Crippen LogP contribution < -0.4 is 0 Å². The Hall–Kier alpha value is -2.79. The Morgan fingerprint density at radius 1 is 1.21 bits per heavy atom. The molecule has 0 radical (unpaired) electrons. The number of halogens is 4. The van der Waals surface area contributed by atoms with E-state index < -0.39 is 93.0 Å². The molecule has 3 fully saturated rings. The second kappa shape index (κ2) is 10.4. The van der Waals surface area contributed by atoms with Gasteiger partial charge >= 0.3 is 5.97 Å². The molecule has 10 atom stereocenters. The Morgan fingerprint density at radius 2 is 1.88 bits per heavy atom. The molecular weight excluding hydrogens is 588 g/mol. The van der Waals surface area contributed by atoms with Crippen LogP contribution in [0.4, 0.5) is 17.6 Å². The number of carbonyl (C=O) groups excluding carboxylic acids is 4. The van der Waals surface area contributed by atoms with Crippen LogP contribution in [0.1, 0.15) is 64.9 Å².